The zero-order valence-electron chi connectivity index (χ0n) is 6.21. The molecule has 2 heterocycles. The molecule has 0 spiro atoms. The van der Waals surface area contributed by atoms with E-state index in [0.29, 0.717) is 6.61 Å². The molecule has 2 saturated heterocycles. The van der Waals surface area contributed by atoms with Crippen molar-refractivity contribution in [3.05, 3.63) is 0 Å². The van der Waals surface area contributed by atoms with Crippen LogP contribution in [0, 0.1) is 0 Å². The van der Waals surface area contributed by atoms with Gasteiger partial charge in [0.25, 0.3) is 0 Å². The first kappa shape index (κ1) is 6.91. The largest absolute Gasteiger partial charge is 0.447 e. The van der Waals surface area contributed by atoms with E-state index in [1.165, 1.54) is 0 Å². The molecule has 0 saturated carbocycles. The minimum Gasteiger partial charge on any atom is -0.447 e. The molecule has 4 nitrogen and oxygen atoms in total. The molecule has 0 bridgehead atoms. The molecule has 2 rings (SSSR count). The van der Waals surface area contributed by atoms with Crippen LogP contribution in [0.1, 0.15) is 12.8 Å². The van der Waals surface area contributed by atoms with E-state index in [9.17, 15) is 4.79 Å². The number of carbonyl (C=O) groups is 1. The van der Waals surface area contributed by atoms with Gasteiger partial charge in [0.1, 0.15) is 6.61 Å². The summed E-state index contributed by atoms with van der Waals surface area (Å²) in [6.45, 7) is 1.28. The Bertz CT molecular complexity index is 165. The highest BCUT2D eigenvalue weighted by atomic mass is 16.6. The summed E-state index contributed by atoms with van der Waals surface area (Å²) < 4.78 is 10.1. The van der Waals surface area contributed by atoms with Crippen LogP contribution in [-0.4, -0.2) is 31.5 Å². The predicted molar refractivity (Wildman–Crippen MR) is 37.2 cm³/mol. The monoisotopic (exact) mass is 157 g/mol. The van der Waals surface area contributed by atoms with E-state index in [-0.39, 0.29) is 18.2 Å². The lowest BCUT2D eigenvalue weighted by molar-refractivity contribution is 0.0793. The Labute approximate surface area is 64.9 Å². The Balaban J connectivity index is 1.90. The summed E-state index contributed by atoms with van der Waals surface area (Å²) in [5.74, 6) is 0. The third-order valence-corrected chi connectivity index (χ3v) is 2.11. The highest BCUT2D eigenvalue weighted by Gasteiger charge is 2.32. The van der Waals surface area contributed by atoms with Crippen LogP contribution in [0.15, 0.2) is 0 Å². The van der Waals surface area contributed by atoms with Crippen LogP contribution < -0.4 is 5.32 Å². The molecule has 2 fully saturated rings. The quantitative estimate of drug-likeness (QED) is 0.594. The molecule has 1 amide bonds. The number of rotatable bonds is 1. The second-order valence-electron chi connectivity index (χ2n) is 2.90. The fourth-order valence-electron chi connectivity index (χ4n) is 1.52. The third kappa shape index (κ3) is 1.30. The van der Waals surface area contributed by atoms with Crippen LogP contribution in [0.4, 0.5) is 4.79 Å². The smallest absolute Gasteiger partial charge is 0.407 e. The van der Waals surface area contributed by atoms with Crippen LogP contribution in [-0.2, 0) is 9.47 Å². The van der Waals surface area contributed by atoms with Crippen molar-refractivity contribution >= 4 is 6.09 Å². The molecule has 1 N–H and O–H groups in total. The van der Waals surface area contributed by atoms with Gasteiger partial charge in [-0.15, -0.1) is 0 Å². The summed E-state index contributed by atoms with van der Waals surface area (Å²) in [6, 6.07) is 0.0880. The molecular weight excluding hydrogens is 146 g/mol. The molecular formula is C7H11NO3. The van der Waals surface area contributed by atoms with Crippen molar-refractivity contribution in [1.82, 2.24) is 5.32 Å². The molecule has 0 aromatic rings. The Morgan fingerprint density at radius 2 is 2.45 bits per heavy atom. The van der Waals surface area contributed by atoms with Crippen LogP contribution in [0.5, 0.6) is 0 Å². The van der Waals surface area contributed by atoms with E-state index < -0.39 is 0 Å². The summed E-state index contributed by atoms with van der Waals surface area (Å²) in [4.78, 5) is 10.6. The Morgan fingerprint density at radius 1 is 1.55 bits per heavy atom. The molecule has 2 aliphatic rings. The minimum absolute atomic E-state index is 0.0880. The van der Waals surface area contributed by atoms with E-state index >= 15 is 0 Å². The second-order valence-corrected chi connectivity index (χ2v) is 2.90. The van der Waals surface area contributed by atoms with Crippen LogP contribution in [0.2, 0.25) is 0 Å². The zero-order valence-corrected chi connectivity index (χ0v) is 6.21. The lowest BCUT2D eigenvalue weighted by Crippen LogP contribution is -2.37. The summed E-state index contributed by atoms with van der Waals surface area (Å²) in [5.41, 5.74) is 0. The number of cyclic esters (lactones) is 1. The maximum absolute atomic E-state index is 10.6. The van der Waals surface area contributed by atoms with Gasteiger partial charge in [-0.05, 0) is 12.8 Å². The van der Waals surface area contributed by atoms with Gasteiger partial charge in [-0.1, -0.05) is 0 Å². The van der Waals surface area contributed by atoms with Crippen molar-refractivity contribution in [2.75, 3.05) is 13.2 Å². The second kappa shape index (κ2) is 2.70. The van der Waals surface area contributed by atoms with Gasteiger partial charge in [-0.2, -0.15) is 0 Å². The van der Waals surface area contributed by atoms with Gasteiger partial charge >= 0.3 is 6.09 Å². The van der Waals surface area contributed by atoms with Crippen LogP contribution in [0.25, 0.3) is 0 Å². The van der Waals surface area contributed by atoms with Gasteiger partial charge in [0.05, 0.1) is 12.1 Å². The zero-order chi connectivity index (χ0) is 7.68. The van der Waals surface area contributed by atoms with Crippen molar-refractivity contribution in [3.63, 3.8) is 0 Å². The summed E-state index contributed by atoms with van der Waals surface area (Å²) in [5, 5.41) is 2.71. The number of hydrogen-bond donors (Lipinski definition) is 1. The number of carbonyl (C=O) groups excluding carboxylic acids is 1. The summed E-state index contributed by atoms with van der Waals surface area (Å²) in [7, 11) is 0. The maximum atomic E-state index is 10.6. The standard InChI is InChI=1S/C7H11NO3/c9-7-8-5(4-11-7)6-2-1-3-10-6/h5-6H,1-4H2,(H,8,9)/t5-,6+/m1/s1. The fraction of sp³-hybridized carbons (Fsp3) is 0.857. The van der Waals surface area contributed by atoms with E-state index in [1.54, 1.807) is 0 Å². The first-order valence-electron chi connectivity index (χ1n) is 3.91. The highest BCUT2D eigenvalue weighted by molar-refractivity contribution is 5.69. The minimum atomic E-state index is -0.314. The first-order valence-corrected chi connectivity index (χ1v) is 3.91. The Kier molecular flexibility index (Phi) is 1.69. The molecule has 11 heavy (non-hydrogen) atoms. The SMILES string of the molecule is O=C1N[C@@H]([C@@H]2CCCO2)CO1. The molecule has 2 aliphatic heterocycles. The molecule has 0 aromatic carbocycles. The fourth-order valence-corrected chi connectivity index (χ4v) is 1.52. The highest BCUT2D eigenvalue weighted by Crippen LogP contribution is 2.17. The Hall–Kier alpha value is -0.770. The number of ether oxygens (including phenoxy) is 2. The van der Waals surface area contributed by atoms with Crippen molar-refractivity contribution in [3.8, 4) is 0 Å². The first-order chi connectivity index (χ1) is 5.36. The molecule has 4 heteroatoms. The van der Waals surface area contributed by atoms with Gasteiger partial charge < -0.3 is 14.8 Å². The average Bonchev–Trinajstić information content (AvgIpc) is 2.55. The number of amides is 1. The van der Waals surface area contributed by atoms with E-state index in [4.69, 9.17) is 9.47 Å². The van der Waals surface area contributed by atoms with Gasteiger partial charge in [0.2, 0.25) is 0 Å². The van der Waals surface area contributed by atoms with Crippen LogP contribution >= 0.6 is 0 Å². The maximum Gasteiger partial charge on any atom is 0.407 e. The average molecular weight is 157 g/mol. The van der Waals surface area contributed by atoms with Crippen molar-refractivity contribution in [2.45, 2.75) is 25.0 Å². The van der Waals surface area contributed by atoms with Crippen molar-refractivity contribution < 1.29 is 14.3 Å². The number of alkyl carbamates (subject to hydrolysis) is 1. The molecule has 0 aromatic heterocycles. The number of hydrogen-bond acceptors (Lipinski definition) is 3. The predicted octanol–water partition coefficient (Wildman–Crippen LogP) is 0.274. The molecule has 62 valence electrons. The van der Waals surface area contributed by atoms with E-state index in [1.807, 2.05) is 0 Å². The molecule has 0 unspecified atom stereocenters. The number of nitrogens with one attached hydrogen (secondary N) is 1. The summed E-state index contributed by atoms with van der Waals surface area (Å²) >= 11 is 0. The van der Waals surface area contributed by atoms with Gasteiger partial charge in [-0.25, -0.2) is 4.79 Å². The van der Waals surface area contributed by atoms with Crippen molar-refractivity contribution in [2.24, 2.45) is 0 Å². The normalized spacial score (nSPS) is 36.9. The van der Waals surface area contributed by atoms with Gasteiger partial charge in [0.15, 0.2) is 0 Å². The molecule has 2 atom stereocenters. The van der Waals surface area contributed by atoms with Gasteiger partial charge in [0, 0.05) is 6.61 Å². The van der Waals surface area contributed by atoms with E-state index in [0.717, 1.165) is 19.4 Å². The Morgan fingerprint density at radius 3 is 3.00 bits per heavy atom. The molecule has 0 aliphatic carbocycles. The summed E-state index contributed by atoms with van der Waals surface area (Å²) in [6.07, 6.45) is 2.00. The lowest BCUT2D eigenvalue weighted by Gasteiger charge is -2.14. The third-order valence-electron chi connectivity index (χ3n) is 2.11. The van der Waals surface area contributed by atoms with Gasteiger partial charge in [-0.3, -0.25) is 0 Å². The van der Waals surface area contributed by atoms with E-state index in [2.05, 4.69) is 5.32 Å². The topological polar surface area (TPSA) is 47.6 Å². The lowest BCUT2D eigenvalue weighted by atomic mass is 10.1. The van der Waals surface area contributed by atoms with Crippen LogP contribution in [0.3, 0.4) is 0 Å². The van der Waals surface area contributed by atoms with Crippen molar-refractivity contribution in [1.29, 1.82) is 0 Å². The molecule has 0 radical (unpaired) electrons.